The third kappa shape index (κ3) is 9.36. The van der Waals surface area contributed by atoms with Crippen molar-refractivity contribution >= 4 is 24.0 Å². The predicted molar refractivity (Wildman–Crippen MR) is 161 cm³/mol. The molecule has 234 valence electrons. The fourth-order valence-corrected chi connectivity index (χ4v) is 6.71. The molecule has 42 heavy (non-hydrogen) atoms. The lowest BCUT2D eigenvalue weighted by molar-refractivity contribution is -0.141. The predicted octanol–water partition coefficient (Wildman–Crippen LogP) is 5.61. The van der Waals surface area contributed by atoms with Crippen molar-refractivity contribution in [3.05, 3.63) is 35.4 Å². The number of carboxylic acids is 2. The Morgan fingerprint density at radius 3 is 1.36 bits per heavy atom. The Bertz CT molecular complexity index is 1040. The summed E-state index contributed by atoms with van der Waals surface area (Å²) in [6, 6.07) is 6.99. The summed E-state index contributed by atoms with van der Waals surface area (Å²) in [5, 5.41) is 30.8. The fraction of sp³-hybridized carbons (Fsp3) is 0.688. The number of aliphatic carboxylic acids is 2. The summed E-state index contributed by atoms with van der Waals surface area (Å²) >= 11 is 0. The zero-order valence-electron chi connectivity index (χ0n) is 25.7. The van der Waals surface area contributed by atoms with Crippen molar-refractivity contribution in [2.75, 3.05) is 13.1 Å². The minimum atomic E-state index is -0.838. The van der Waals surface area contributed by atoms with Gasteiger partial charge >= 0.3 is 24.0 Å². The average molecular weight is 587 g/mol. The summed E-state index contributed by atoms with van der Waals surface area (Å²) < 4.78 is 0. The maximum atomic E-state index is 13.0. The van der Waals surface area contributed by atoms with Gasteiger partial charge in [0.25, 0.3) is 0 Å². The second-order valence-corrected chi connectivity index (χ2v) is 13.7. The van der Waals surface area contributed by atoms with Crippen molar-refractivity contribution in [3.8, 4) is 0 Å². The van der Waals surface area contributed by atoms with Gasteiger partial charge in [-0.15, -0.1) is 0 Å². The molecule has 0 aromatic heterocycles. The molecule has 0 heterocycles. The van der Waals surface area contributed by atoms with Crippen LogP contribution in [0.4, 0.5) is 9.59 Å². The van der Waals surface area contributed by atoms with Crippen molar-refractivity contribution in [2.45, 2.75) is 116 Å². The van der Waals surface area contributed by atoms with E-state index in [0.717, 1.165) is 75.3 Å². The molecule has 1 aromatic carbocycles. The van der Waals surface area contributed by atoms with E-state index in [1.807, 2.05) is 52.0 Å². The third-order valence-electron chi connectivity index (χ3n) is 9.29. The first-order valence-corrected chi connectivity index (χ1v) is 15.3. The summed E-state index contributed by atoms with van der Waals surface area (Å²) in [7, 11) is 0. The van der Waals surface area contributed by atoms with Gasteiger partial charge < -0.3 is 31.5 Å². The fourth-order valence-electron chi connectivity index (χ4n) is 6.71. The van der Waals surface area contributed by atoms with Gasteiger partial charge in [0.05, 0.1) is 23.9 Å². The number of urea groups is 2. The van der Waals surface area contributed by atoms with Gasteiger partial charge in [-0.1, -0.05) is 62.8 Å². The molecule has 0 radical (unpaired) electrons. The molecule has 1 aromatic rings. The molecule has 0 atom stereocenters. The number of carbonyl (C=O) groups is 4. The van der Waals surface area contributed by atoms with Crippen LogP contribution < -0.4 is 21.3 Å². The average Bonchev–Trinajstić information content (AvgIpc) is 2.91. The van der Waals surface area contributed by atoms with Gasteiger partial charge in [0, 0.05) is 13.1 Å². The number of hydrogen-bond acceptors (Lipinski definition) is 4. The standard InChI is InChI=1S/C32H50N4O6/c1-29(2,35-27(41)33-21-31(19-25(37)38)14-7-5-8-15-31)23-12-11-13-24(18-23)30(3,4)36-28(42)34-22-32(20-26(39)40)16-9-6-10-17-32/h11-13,18H,5-10,14-17,19-22H2,1-4H3,(H,37,38)(H,39,40)(H2,33,35,41)(H2,34,36,42). The van der Waals surface area contributed by atoms with Crippen LogP contribution in [0.1, 0.15) is 116 Å². The Morgan fingerprint density at radius 1 is 0.667 bits per heavy atom. The lowest BCUT2D eigenvalue weighted by Crippen LogP contribution is -2.50. The quantitative estimate of drug-likeness (QED) is 0.187. The lowest BCUT2D eigenvalue weighted by atomic mass is 9.72. The number of amides is 4. The number of carbonyl (C=O) groups excluding carboxylic acids is 2. The molecule has 2 saturated carbocycles. The second kappa shape index (κ2) is 13.8. The molecule has 0 saturated heterocycles. The van der Waals surface area contributed by atoms with Crippen molar-refractivity contribution in [3.63, 3.8) is 0 Å². The molecule has 0 unspecified atom stereocenters. The van der Waals surface area contributed by atoms with Gasteiger partial charge in [0.2, 0.25) is 0 Å². The molecule has 0 aliphatic heterocycles. The SMILES string of the molecule is CC(C)(NC(=O)NCC1(CC(=O)O)CCCCC1)c1cccc(C(C)(C)NC(=O)NCC2(CC(=O)O)CCCCC2)c1. The van der Waals surface area contributed by atoms with Gasteiger partial charge in [0.15, 0.2) is 0 Å². The van der Waals surface area contributed by atoms with E-state index in [-0.39, 0.29) is 24.9 Å². The van der Waals surface area contributed by atoms with E-state index in [2.05, 4.69) is 21.3 Å². The molecule has 2 aliphatic carbocycles. The molecule has 2 aliphatic rings. The van der Waals surface area contributed by atoms with Crippen LogP contribution in [0.15, 0.2) is 24.3 Å². The van der Waals surface area contributed by atoms with Crippen LogP contribution in [0, 0.1) is 10.8 Å². The highest BCUT2D eigenvalue weighted by atomic mass is 16.4. The Kier molecular flexibility index (Phi) is 10.9. The first-order chi connectivity index (χ1) is 19.7. The van der Waals surface area contributed by atoms with Gasteiger partial charge in [-0.3, -0.25) is 9.59 Å². The molecule has 0 bridgehead atoms. The number of nitrogens with one attached hydrogen (secondary N) is 4. The monoisotopic (exact) mass is 586 g/mol. The van der Waals surface area contributed by atoms with Crippen LogP contribution in [0.25, 0.3) is 0 Å². The largest absolute Gasteiger partial charge is 0.481 e. The highest BCUT2D eigenvalue weighted by Crippen LogP contribution is 2.40. The van der Waals surface area contributed by atoms with Crippen molar-refractivity contribution in [2.24, 2.45) is 10.8 Å². The first-order valence-electron chi connectivity index (χ1n) is 15.3. The third-order valence-corrected chi connectivity index (χ3v) is 9.29. The van der Waals surface area contributed by atoms with Gasteiger partial charge in [-0.05, 0) is 75.3 Å². The van der Waals surface area contributed by atoms with Crippen molar-refractivity contribution in [1.82, 2.24) is 21.3 Å². The van der Waals surface area contributed by atoms with Crippen LogP contribution in [-0.4, -0.2) is 47.3 Å². The number of benzene rings is 1. The van der Waals surface area contributed by atoms with Crippen molar-refractivity contribution < 1.29 is 29.4 Å². The van der Waals surface area contributed by atoms with E-state index in [4.69, 9.17) is 0 Å². The summed E-state index contributed by atoms with van der Waals surface area (Å²) in [6.07, 6.45) is 9.35. The van der Waals surface area contributed by atoms with Gasteiger partial charge in [0.1, 0.15) is 0 Å². The zero-order valence-corrected chi connectivity index (χ0v) is 25.7. The normalized spacial score (nSPS) is 18.4. The summed E-state index contributed by atoms with van der Waals surface area (Å²) in [4.78, 5) is 48.9. The molecule has 10 nitrogen and oxygen atoms in total. The Hall–Kier alpha value is -3.30. The molecule has 0 spiro atoms. The van der Waals surface area contributed by atoms with E-state index >= 15 is 0 Å². The minimum Gasteiger partial charge on any atom is -0.481 e. The molecule has 3 rings (SSSR count). The zero-order chi connectivity index (χ0) is 31.0. The molecular weight excluding hydrogens is 536 g/mol. The highest BCUT2D eigenvalue weighted by Gasteiger charge is 2.37. The van der Waals surface area contributed by atoms with Gasteiger partial charge in [-0.2, -0.15) is 0 Å². The van der Waals surface area contributed by atoms with Crippen LogP contribution in [0.2, 0.25) is 0 Å². The molecule has 10 heteroatoms. The van der Waals surface area contributed by atoms with E-state index in [1.54, 1.807) is 0 Å². The summed E-state index contributed by atoms with van der Waals surface area (Å²) in [5.74, 6) is -1.68. The topological polar surface area (TPSA) is 157 Å². The Morgan fingerprint density at radius 2 is 1.02 bits per heavy atom. The molecular formula is C32H50N4O6. The first kappa shape index (κ1) is 33.2. The summed E-state index contributed by atoms with van der Waals surface area (Å²) in [5.41, 5.74) is -0.598. The van der Waals surface area contributed by atoms with E-state index in [1.165, 1.54) is 0 Å². The maximum Gasteiger partial charge on any atom is 0.315 e. The van der Waals surface area contributed by atoms with E-state index in [9.17, 15) is 29.4 Å². The minimum absolute atomic E-state index is 0.0505. The molecule has 2 fully saturated rings. The molecule has 6 N–H and O–H groups in total. The van der Waals surface area contributed by atoms with Crippen LogP contribution in [0.3, 0.4) is 0 Å². The maximum absolute atomic E-state index is 13.0. The number of carboxylic acid groups (broad SMARTS) is 2. The smallest absolute Gasteiger partial charge is 0.315 e. The Labute approximate surface area is 249 Å². The van der Waals surface area contributed by atoms with Crippen LogP contribution in [-0.2, 0) is 20.7 Å². The Balaban J connectivity index is 1.61. The molecule has 4 amide bonds. The van der Waals surface area contributed by atoms with Gasteiger partial charge in [-0.25, -0.2) is 9.59 Å². The van der Waals surface area contributed by atoms with E-state index in [0.29, 0.717) is 13.1 Å². The van der Waals surface area contributed by atoms with E-state index < -0.39 is 33.8 Å². The second-order valence-electron chi connectivity index (χ2n) is 13.7. The van der Waals surface area contributed by atoms with Crippen molar-refractivity contribution in [1.29, 1.82) is 0 Å². The highest BCUT2D eigenvalue weighted by molar-refractivity contribution is 5.76. The number of rotatable bonds is 12. The lowest BCUT2D eigenvalue weighted by Gasteiger charge is -2.37. The van der Waals surface area contributed by atoms with Crippen LogP contribution >= 0.6 is 0 Å². The number of hydrogen-bond donors (Lipinski definition) is 6. The van der Waals surface area contributed by atoms with Crippen LogP contribution in [0.5, 0.6) is 0 Å². The summed E-state index contributed by atoms with van der Waals surface area (Å²) in [6.45, 7) is 8.25.